The van der Waals surface area contributed by atoms with Gasteiger partial charge in [0.1, 0.15) is 8.80 Å². The first-order valence-corrected chi connectivity index (χ1v) is 9.18. The second-order valence-corrected chi connectivity index (χ2v) is 7.50. The fourth-order valence-electron chi connectivity index (χ4n) is 2.98. The average molecular weight is 254 g/mol. The lowest BCUT2D eigenvalue weighted by Crippen LogP contribution is -2.25. The van der Waals surface area contributed by atoms with E-state index in [2.05, 4.69) is 62.5 Å². The van der Waals surface area contributed by atoms with E-state index in [0.717, 1.165) is 6.71 Å². The molecule has 0 saturated heterocycles. The highest BCUT2D eigenvalue weighted by Crippen LogP contribution is 2.27. The van der Waals surface area contributed by atoms with Gasteiger partial charge in [-0.15, -0.1) is 0 Å². The smallest absolute Gasteiger partial charge is 0.0946 e. The van der Waals surface area contributed by atoms with Crippen molar-refractivity contribution in [3.63, 3.8) is 0 Å². The summed E-state index contributed by atoms with van der Waals surface area (Å²) in [5.41, 5.74) is 8.53. The molecule has 0 spiro atoms. The van der Waals surface area contributed by atoms with E-state index in [1.807, 2.05) is 0 Å². The molecule has 0 aliphatic carbocycles. The predicted molar refractivity (Wildman–Crippen MR) is 86.4 cm³/mol. The Morgan fingerprint density at radius 3 is 2.17 bits per heavy atom. The number of hydrogen-bond acceptors (Lipinski definition) is 0. The zero-order chi connectivity index (χ0) is 13.0. The molecule has 1 heterocycles. The van der Waals surface area contributed by atoms with E-state index in [-0.39, 0.29) is 0 Å². The van der Waals surface area contributed by atoms with E-state index in [9.17, 15) is 0 Å². The Morgan fingerprint density at radius 2 is 1.61 bits per heavy atom. The van der Waals surface area contributed by atoms with E-state index >= 15 is 0 Å². The molecule has 94 valence electrons. The van der Waals surface area contributed by atoms with Gasteiger partial charge in [-0.3, -0.25) is 0 Å². The molecule has 0 bridgehead atoms. The molecule has 0 saturated carbocycles. The van der Waals surface area contributed by atoms with Crippen LogP contribution in [0.15, 0.2) is 52.8 Å². The predicted octanol–water partition coefficient (Wildman–Crippen LogP) is 3.55. The van der Waals surface area contributed by atoms with Gasteiger partial charge in [-0.05, 0) is 6.42 Å². The van der Waals surface area contributed by atoms with Gasteiger partial charge >= 0.3 is 0 Å². The van der Waals surface area contributed by atoms with Crippen LogP contribution in [0, 0.1) is 0 Å². The van der Waals surface area contributed by atoms with Gasteiger partial charge in [-0.25, -0.2) is 0 Å². The SMILES string of the molecule is CCB(CC)C1=C[SiH](c2ccccc2)C=C1CC. The third-order valence-electron chi connectivity index (χ3n) is 4.10. The van der Waals surface area contributed by atoms with E-state index in [1.165, 1.54) is 19.1 Å². The first kappa shape index (κ1) is 13.4. The number of benzene rings is 1. The molecule has 18 heavy (non-hydrogen) atoms. The van der Waals surface area contributed by atoms with Crippen LogP contribution in [-0.4, -0.2) is 15.5 Å². The number of hydrogen-bond donors (Lipinski definition) is 0. The highest BCUT2D eigenvalue weighted by molar-refractivity contribution is 6.86. The molecule has 1 aliphatic rings. The minimum absolute atomic E-state index is 0.775. The zero-order valence-corrected chi connectivity index (χ0v) is 13.0. The van der Waals surface area contributed by atoms with Gasteiger partial charge in [0.2, 0.25) is 0 Å². The highest BCUT2D eigenvalue weighted by atomic mass is 28.3. The summed E-state index contributed by atoms with van der Waals surface area (Å²) in [5, 5.41) is 1.56. The van der Waals surface area contributed by atoms with Crippen LogP contribution in [0.1, 0.15) is 27.2 Å². The van der Waals surface area contributed by atoms with Gasteiger partial charge in [0.05, 0.1) is 0 Å². The first-order chi connectivity index (χ1) is 8.80. The van der Waals surface area contributed by atoms with Crippen LogP contribution < -0.4 is 5.19 Å². The van der Waals surface area contributed by atoms with Crippen LogP contribution >= 0.6 is 0 Å². The van der Waals surface area contributed by atoms with E-state index in [1.54, 1.807) is 16.2 Å². The van der Waals surface area contributed by atoms with Crippen LogP contribution in [0.5, 0.6) is 0 Å². The molecule has 0 fully saturated rings. The monoisotopic (exact) mass is 254 g/mol. The fraction of sp³-hybridized carbons (Fsp3) is 0.375. The van der Waals surface area contributed by atoms with Gasteiger partial charge in [0.25, 0.3) is 0 Å². The Morgan fingerprint density at radius 1 is 0.944 bits per heavy atom. The number of rotatable bonds is 5. The molecular formula is C16H23BSi. The minimum atomic E-state index is -0.981. The van der Waals surface area contributed by atoms with Crippen LogP contribution in [0.4, 0.5) is 0 Å². The summed E-state index contributed by atoms with van der Waals surface area (Å²) in [5.74, 6) is 0. The third kappa shape index (κ3) is 2.69. The summed E-state index contributed by atoms with van der Waals surface area (Å²) < 4.78 is 0. The molecule has 1 aromatic rings. The Kier molecular flexibility index (Phi) is 4.65. The summed E-state index contributed by atoms with van der Waals surface area (Å²) in [6.45, 7) is 7.71. The van der Waals surface area contributed by atoms with Gasteiger partial charge < -0.3 is 0 Å². The maximum atomic E-state index is 2.63. The summed E-state index contributed by atoms with van der Waals surface area (Å²) >= 11 is 0. The quantitative estimate of drug-likeness (QED) is 0.705. The van der Waals surface area contributed by atoms with Gasteiger partial charge in [-0.1, -0.05) is 91.4 Å². The summed E-state index contributed by atoms with van der Waals surface area (Å²) in [7, 11) is -0.981. The van der Waals surface area contributed by atoms with Crippen molar-refractivity contribution in [1.29, 1.82) is 0 Å². The third-order valence-corrected chi connectivity index (χ3v) is 6.74. The molecule has 1 aromatic carbocycles. The van der Waals surface area contributed by atoms with Crippen molar-refractivity contribution < 1.29 is 0 Å². The molecule has 0 aromatic heterocycles. The van der Waals surface area contributed by atoms with Crippen molar-refractivity contribution in [2.45, 2.75) is 39.8 Å². The maximum absolute atomic E-state index is 2.63. The van der Waals surface area contributed by atoms with Crippen molar-refractivity contribution in [3.8, 4) is 0 Å². The van der Waals surface area contributed by atoms with E-state index < -0.39 is 8.80 Å². The van der Waals surface area contributed by atoms with Crippen LogP contribution in [0.2, 0.25) is 12.6 Å². The second kappa shape index (κ2) is 6.24. The summed E-state index contributed by atoms with van der Waals surface area (Å²) in [4.78, 5) is 0. The molecule has 0 radical (unpaired) electrons. The highest BCUT2D eigenvalue weighted by Gasteiger charge is 2.24. The van der Waals surface area contributed by atoms with Crippen molar-refractivity contribution in [2.75, 3.05) is 0 Å². The lowest BCUT2D eigenvalue weighted by molar-refractivity contribution is 1.14. The molecule has 0 amide bonds. The van der Waals surface area contributed by atoms with Crippen LogP contribution in [0.25, 0.3) is 0 Å². The molecule has 1 unspecified atom stereocenters. The van der Waals surface area contributed by atoms with Crippen molar-refractivity contribution in [2.24, 2.45) is 0 Å². The standard InChI is InChI=1S/C16H23BSi/c1-4-14-12-18(15-10-8-7-9-11-15)13-16(14)17(5-2)6-3/h7-13,18H,4-6H2,1-3H3. The molecular weight excluding hydrogens is 231 g/mol. The summed E-state index contributed by atoms with van der Waals surface area (Å²) in [6, 6.07) is 11.1. The molecule has 0 nitrogen and oxygen atoms in total. The lowest BCUT2D eigenvalue weighted by atomic mass is 9.40. The Hall–Kier alpha value is -1.02. The molecule has 0 N–H and O–H groups in total. The van der Waals surface area contributed by atoms with Crippen LogP contribution in [-0.2, 0) is 0 Å². The zero-order valence-electron chi connectivity index (χ0n) is 11.8. The summed E-state index contributed by atoms with van der Waals surface area (Å²) in [6.07, 6.45) is 3.74. The second-order valence-electron chi connectivity index (χ2n) is 5.12. The Labute approximate surface area is 113 Å². The first-order valence-electron chi connectivity index (χ1n) is 7.27. The van der Waals surface area contributed by atoms with Crippen molar-refractivity contribution in [3.05, 3.63) is 52.8 Å². The van der Waals surface area contributed by atoms with Gasteiger partial charge in [0, 0.05) is 0 Å². The largest absolute Gasteiger partial charge is 0.174 e. The number of allylic oxidation sites excluding steroid dienone is 2. The fourth-order valence-corrected chi connectivity index (χ4v) is 5.86. The average Bonchev–Trinajstić information content (AvgIpc) is 2.85. The lowest BCUT2D eigenvalue weighted by Gasteiger charge is -2.13. The normalized spacial score (nSPS) is 18.5. The Balaban J connectivity index is 2.29. The molecule has 1 atom stereocenters. The molecule has 2 rings (SSSR count). The molecule has 2 heteroatoms. The van der Waals surface area contributed by atoms with E-state index in [0.29, 0.717) is 0 Å². The van der Waals surface area contributed by atoms with Crippen LogP contribution in [0.3, 0.4) is 0 Å². The maximum Gasteiger partial charge on any atom is 0.174 e. The minimum Gasteiger partial charge on any atom is -0.0946 e. The molecule has 1 aliphatic heterocycles. The van der Waals surface area contributed by atoms with Crippen molar-refractivity contribution >= 4 is 20.7 Å². The topological polar surface area (TPSA) is 0 Å². The van der Waals surface area contributed by atoms with E-state index in [4.69, 9.17) is 0 Å². The Bertz CT molecular complexity index is 443. The van der Waals surface area contributed by atoms with Gasteiger partial charge in [0.15, 0.2) is 6.71 Å². The van der Waals surface area contributed by atoms with Crippen molar-refractivity contribution in [1.82, 2.24) is 0 Å². The van der Waals surface area contributed by atoms with Gasteiger partial charge in [-0.2, -0.15) is 0 Å².